The number of rotatable bonds is 10. The maximum atomic E-state index is 15.0. The zero-order valence-corrected chi connectivity index (χ0v) is 21.6. The molecular formula is C24H31F2N5O5S. The summed E-state index contributed by atoms with van der Waals surface area (Å²) < 4.78 is 59.6. The molecule has 0 aromatic carbocycles. The molecule has 2 aromatic heterocycles. The molecule has 1 aliphatic carbocycles. The van der Waals surface area contributed by atoms with Gasteiger partial charge in [-0.25, -0.2) is 17.2 Å². The van der Waals surface area contributed by atoms with Gasteiger partial charge in [-0.3, -0.25) is 14.5 Å². The number of carbonyl (C=O) groups excluding carboxylic acids is 1. The number of hydrogen-bond acceptors (Lipinski definition) is 8. The van der Waals surface area contributed by atoms with Crippen LogP contribution in [0, 0.1) is 5.92 Å². The smallest absolute Gasteiger partial charge is 0.257 e. The molecule has 2 aromatic rings. The topological polar surface area (TPSA) is 123 Å². The van der Waals surface area contributed by atoms with Gasteiger partial charge in [0.2, 0.25) is 11.8 Å². The number of halogens is 2. The van der Waals surface area contributed by atoms with Gasteiger partial charge in [0.1, 0.15) is 9.84 Å². The molecule has 3 heterocycles. The van der Waals surface area contributed by atoms with Crippen LogP contribution in [0.25, 0.3) is 0 Å². The zero-order chi connectivity index (χ0) is 26.8. The molecule has 202 valence electrons. The van der Waals surface area contributed by atoms with E-state index >= 15 is 0 Å². The highest BCUT2D eigenvalue weighted by Gasteiger charge is 2.46. The van der Waals surface area contributed by atoms with Gasteiger partial charge in [0.25, 0.3) is 11.5 Å². The number of anilines is 1. The van der Waals surface area contributed by atoms with Crippen molar-refractivity contribution >= 4 is 21.6 Å². The van der Waals surface area contributed by atoms with Gasteiger partial charge in [-0.15, -0.1) is 10.2 Å². The largest absolute Gasteiger partial charge is 0.476 e. The average molecular weight is 540 g/mol. The first-order valence-corrected chi connectivity index (χ1v) is 14.2. The third kappa shape index (κ3) is 7.31. The number of hydrogen-bond donors (Lipinski definition) is 1. The molecule has 2 fully saturated rings. The number of sulfone groups is 1. The van der Waals surface area contributed by atoms with E-state index in [1.54, 1.807) is 24.0 Å². The lowest BCUT2D eigenvalue weighted by Gasteiger charge is -2.40. The zero-order valence-electron chi connectivity index (χ0n) is 20.8. The summed E-state index contributed by atoms with van der Waals surface area (Å²) in [6, 6.07) is 4.97. The van der Waals surface area contributed by atoms with Gasteiger partial charge in [-0.1, -0.05) is 6.07 Å². The second-order valence-corrected chi connectivity index (χ2v) is 12.1. The number of pyridine rings is 1. The minimum atomic E-state index is -3.34. The van der Waals surface area contributed by atoms with E-state index in [9.17, 15) is 26.8 Å². The lowest BCUT2D eigenvalue weighted by Crippen LogP contribution is -2.52. The minimum Gasteiger partial charge on any atom is -0.476 e. The van der Waals surface area contributed by atoms with Crippen molar-refractivity contribution in [1.82, 2.24) is 19.7 Å². The summed E-state index contributed by atoms with van der Waals surface area (Å²) in [6.45, 7) is 1.98. The van der Waals surface area contributed by atoms with Crippen molar-refractivity contribution in [2.75, 3.05) is 37.0 Å². The van der Waals surface area contributed by atoms with E-state index in [0.29, 0.717) is 18.4 Å². The van der Waals surface area contributed by atoms with E-state index in [0.717, 1.165) is 23.7 Å². The van der Waals surface area contributed by atoms with E-state index < -0.39 is 45.6 Å². The molecule has 2 aliphatic rings. The maximum absolute atomic E-state index is 15.0. The first kappa shape index (κ1) is 27.1. The van der Waals surface area contributed by atoms with Crippen LogP contribution in [0.15, 0.2) is 35.3 Å². The van der Waals surface area contributed by atoms with Crippen molar-refractivity contribution in [2.24, 2.45) is 5.92 Å². The second-order valence-electron chi connectivity index (χ2n) is 9.86. The van der Waals surface area contributed by atoms with Gasteiger partial charge in [0.05, 0.1) is 24.3 Å². The van der Waals surface area contributed by atoms with Crippen LogP contribution >= 0.6 is 0 Å². The highest BCUT2D eigenvalue weighted by atomic mass is 32.2. The number of nitrogens with zero attached hydrogens (tertiary/aromatic N) is 4. The maximum Gasteiger partial charge on any atom is 0.257 e. The van der Waals surface area contributed by atoms with Crippen molar-refractivity contribution in [3.8, 4) is 5.88 Å². The van der Waals surface area contributed by atoms with Crippen LogP contribution in [0.3, 0.4) is 0 Å². The SMILES string of the molecule is C[C@@H](C(=O)Nc1ccc(OCC2CC2)nn1)N1CCC(F)(F)C(c2ccc(=O)n(CCS(C)(=O)=O)c2)C1. The number of aromatic nitrogens is 3. The molecule has 1 saturated carbocycles. The Hall–Kier alpha value is -2.93. The Bertz CT molecular complexity index is 1280. The number of carbonyl (C=O) groups is 1. The third-order valence-corrected chi connectivity index (χ3v) is 7.68. The fourth-order valence-electron chi connectivity index (χ4n) is 4.17. The summed E-state index contributed by atoms with van der Waals surface area (Å²) >= 11 is 0. The number of ether oxygens (including phenoxy) is 1. The Morgan fingerprint density at radius 3 is 2.65 bits per heavy atom. The molecular weight excluding hydrogens is 508 g/mol. The molecule has 1 unspecified atom stereocenters. The predicted molar refractivity (Wildman–Crippen MR) is 133 cm³/mol. The Morgan fingerprint density at radius 1 is 1.24 bits per heavy atom. The first-order valence-electron chi connectivity index (χ1n) is 12.2. The number of piperidine rings is 1. The average Bonchev–Trinajstić information content (AvgIpc) is 3.67. The molecule has 2 atom stereocenters. The molecule has 10 nitrogen and oxygen atoms in total. The van der Waals surface area contributed by atoms with Gasteiger partial charge >= 0.3 is 0 Å². The lowest BCUT2D eigenvalue weighted by molar-refractivity contribution is -0.125. The van der Waals surface area contributed by atoms with Gasteiger partial charge in [-0.05, 0) is 37.3 Å². The van der Waals surface area contributed by atoms with E-state index in [2.05, 4.69) is 15.5 Å². The minimum absolute atomic E-state index is 0.00538. The van der Waals surface area contributed by atoms with E-state index in [-0.39, 0.29) is 36.8 Å². The normalized spacial score (nSPS) is 20.8. The Balaban J connectivity index is 1.41. The van der Waals surface area contributed by atoms with Gasteiger partial charge < -0.3 is 14.6 Å². The summed E-state index contributed by atoms with van der Waals surface area (Å²) in [4.78, 5) is 26.7. The first-order chi connectivity index (χ1) is 17.4. The number of amides is 1. The highest BCUT2D eigenvalue weighted by Crippen LogP contribution is 2.40. The molecule has 1 saturated heterocycles. The molecule has 1 amide bonds. The van der Waals surface area contributed by atoms with Crippen LogP contribution in [-0.4, -0.2) is 77.7 Å². The Labute approximate surface area is 213 Å². The van der Waals surface area contributed by atoms with Crippen LogP contribution in [0.5, 0.6) is 5.88 Å². The lowest BCUT2D eigenvalue weighted by atomic mass is 9.87. The predicted octanol–water partition coefficient (Wildman–Crippen LogP) is 1.92. The number of likely N-dealkylation sites (tertiary alicyclic amines) is 1. The van der Waals surface area contributed by atoms with E-state index in [4.69, 9.17) is 4.74 Å². The van der Waals surface area contributed by atoms with Crippen molar-refractivity contribution in [2.45, 2.75) is 50.6 Å². The fourth-order valence-corrected chi connectivity index (χ4v) is 4.70. The third-order valence-electron chi connectivity index (χ3n) is 6.75. The number of nitrogens with one attached hydrogen (secondary N) is 1. The number of aryl methyl sites for hydroxylation is 1. The summed E-state index contributed by atoms with van der Waals surface area (Å²) in [5, 5.41) is 10.6. The van der Waals surface area contributed by atoms with Crippen LogP contribution in [-0.2, 0) is 21.2 Å². The molecule has 0 radical (unpaired) electrons. The van der Waals surface area contributed by atoms with Crippen molar-refractivity contribution in [3.05, 3.63) is 46.4 Å². The molecule has 1 aliphatic heterocycles. The summed E-state index contributed by atoms with van der Waals surface area (Å²) in [7, 11) is -3.34. The molecule has 0 bridgehead atoms. The van der Waals surface area contributed by atoms with Gasteiger partial charge in [0, 0.05) is 50.6 Å². The second kappa shape index (κ2) is 10.8. The molecule has 37 heavy (non-hydrogen) atoms. The van der Waals surface area contributed by atoms with E-state index in [1.165, 1.54) is 18.3 Å². The van der Waals surface area contributed by atoms with Crippen LogP contribution in [0.2, 0.25) is 0 Å². The Morgan fingerprint density at radius 2 is 2.00 bits per heavy atom. The standard InChI is InChI=1S/C24H31F2N5O5S/c1-16(23(33)27-20-6-7-21(29-28-20)36-15-17-3-4-17)30-10-9-24(25,26)19(14-30)18-5-8-22(32)31(13-18)11-12-37(2,34)35/h5-8,13,16-17,19H,3-4,9-12,14-15H2,1-2H3,(H,27,28,33)/t16-,19?/m0/s1. The van der Waals surface area contributed by atoms with Crippen LogP contribution in [0.4, 0.5) is 14.6 Å². The fraction of sp³-hybridized carbons (Fsp3) is 0.583. The van der Waals surface area contributed by atoms with Gasteiger partial charge in [-0.2, -0.15) is 0 Å². The molecule has 13 heteroatoms. The summed E-state index contributed by atoms with van der Waals surface area (Å²) in [6.07, 6.45) is 4.17. The van der Waals surface area contributed by atoms with Crippen molar-refractivity contribution < 1.29 is 26.7 Å². The number of alkyl halides is 2. The highest BCUT2D eigenvalue weighted by molar-refractivity contribution is 7.90. The Kier molecular flexibility index (Phi) is 7.93. The molecule has 0 spiro atoms. The monoisotopic (exact) mass is 539 g/mol. The van der Waals surface area contributed by atoms with Crippen LogP contribution < -0.4 is 15.6 Å². The molecule has 4 rings (SSSR count). The summed E-state index contributed by atoms with van der Waals surface area (Å²) in [5.74, 6) is -3.86. The quantitative estimate of drug-likeness (QED) is 0.486. The van der Waals surface area contributed by atoms with E-state index in [1.807, 2.05) is 0 Å². The van der Waals surface area contributed by atoms with Crippen molar-refractivity contribution in [1.29, 1.82) is 0 Å². The van der Waals surface area contributed by atoms with Crippen LogP contribution in [0.1, 0.15) is 37.7 Å². The summed E-state index contributed by atoms with van der Waals surface area (Å²) in [5.41, 5.74) is -0.260. The van der Waals surface area contributed by atoms with Crippen molar-refractivity contribution in [3.63, 3.8) is 0 Å². The van der Waals surface area contributed by atoms with Gasteiger partial charge in [0.15, 0.2) is 5.82 Å². The molecule has 1 N–H and O–H groups in total.